The van der Waals surface area contributed by atoms with E-state index in [1.807, 2.05) is 4.90 Å². The molecule has 0 bridgehead atoms. The average molecular weight is 541 g/mol. The van der Waals surface area contributed by atoms with Gasteiger partial charge in [-0.15, -0.1) is 13.2 Å². The summed E-state index contributed by atoms with van der Waals surface area (Å²) in [5.74, 6) is 2.92. The number of nitrogens with one attached hydrogen (secondary N) is 1. The molecule has 222 valence electrons. The Balaban J connectivity index is 1.55. The lowest BCUT2D eigenvalue weighted by molar-refractivity contribution is -0.169. The fraction of sp³-hybridized carbons (Fsp3) is 0.857. The standard InChI is InChI=1S/C35H60N2O2/c1-10-14-31(5,6)29-12-11-28-30-27(24-25(2)3)13-15-35(30,17-16-33(28,9)32(29,7)8)36-21-18-34(39)19-22-37(23-20-34)26(4)38/h10,27-30,36,39H,1-2,11-24H2,3-9H3. The summed E-state index contributed by atoms with van der Waals surface area (Å²) in [5, 5.41) is 15.5. The van der Waals surface area contributed by atoms with Gasteiger partial charge < -0.3 is 15.3 Å². The lowest BCUT2D eigenvalue weighted by Crippen LogP contribution is -2.65. The Labute approximate surface area is 240 Å². The quantitative estimate of drug-likeness (QED) is 0.297. The molecule has 4 fully saturated rings. The fourth-order valence-electron chi connectivity index (χ4n) is 10.6. The molecular formula is C35H60N2O2. The van der Waals surface area contributed by atoms with Gasteiger partial charge >= 0.3 is 0 Å². The Morgan fingerprint density at radius 1 is 1.05 bits per heavy atom. The van der Waals surface area contributed by atoms with E-state index in [4.69, 9.17) is 0 Å². The average Bonchev–Trinajstić information content (AvgIpc) is 3.17. The van der Waals surface area contributed by atoms with Gasteiger partial charge in [0.25, 0.3) is 0 Å². The van der Waals surface area contributed by atoms with Crippen LogP contribution in [0.2, 0.25) is 0 Å². The molecule has 1 aliphatic heterocycles. The van der Waals surface area contributed by atoms with Gasteiger partial charge in [-0.25, -0.2) is 0 Å². The van der Waals surface area contributed by atoms with Crippen LogP contribution in [0.15, 0.2) is 24.8 Å². The summed E-state index contributed by atoms with van der Waals surface area (Å²) in [6, 6.07) is 0. The van der Waals surface area contributed by atoms with Crippen molar-refractivity contribution >= 4 is 5.91 Å². The first-order valence-electron chi connectivity index (χ1n) is 16.1. The maximum Gasteiger partial charge on any atom is 0.219 e. The van der Waals surface area contributed by atoms with E-state index in [9.17, 15) is 9.90 Å². The third-order valence-electron chi connectivity index (χ3n) is 13.0. The smallest absolute Gasteiger partial charge is 0.219 e. The SMILES string of the molecule is C=CCC(C)(C)C1CCC2C3C(CC(=C)C)CCC3(NCCC3(O)CCN(C(C)=O)CC3)CCC2(C)C1(C)C. The van der Waals surface area contributed by atoms with Crippen LogP contribution in [0.4, 0.5) is 0 Å². The number of nitrogens with zero attached hydrogens (tertiary/aromatic N) is 1. The molecule has 6 unspecified atom stereocenters. The van der Waals surface area contributed by atoms with Crippen LogP contribution < -0.4 is 5.32 Å². The second-order valence-corrected chi connectivity index (χ2v) is 15.9. The Bertz CT molecular complexity index is 929. The van der Waals surface area contributed by atoms with E-state index >= 15 is 0 Å². The van der Waals surface area contributed by atoms with Gasteiger partial charge in [0.05, 0.1) is 5.60 Å². The van der Waals surface area contributed by atoms with E-state index in [1.165, 1.54) is 44.1 Å². The number of aliphatic hydroxyl groups is 1. The van der Waals surface area contributed by atoms with Crippen molar-refractivity contribution in [3.63, 3.8) is 0 Å². The molecule has 0 aromatic carbocycles. The van der Waals surface area contributed by atoms with Crippen molar-refractivity contribution in [2.75, 3.05) is 19.6 Å². The van der Waals surface area contributed by atoms with E-state index in [1.54, 1.807) is 6.92 Å². The number of carbonyl (C=O) groups is 1. The van der Waals surface area contributed by atoms with Crippen molar-refractivity contribution in [2.45, 2.75) is 130 Å². The first kappa shape index (κ1) is 30.8. The normalized spacial score (nSPS) is 37.6. The highest BCUT2D eigenvalue weighted by Gasteiger charge is 2.65. The van der Waals surface area contributed by atoms with Gasteiger partial charge in [0, 0.05) is 25.6 Å². The molecule has 0 spiro atoms. The molecule has 39 heavy (non-hydrogen) atoms. The molecule has 4 aliphatic rings. The first-order chi connectivity index (χ1) is 18.1. The topological polar surface area (TPSA) is 52.6 Å². The van der Waals surface area contributed by atoms with Crippen molar-refractivity contribution in [1.29, 1.82) is 0 Å². The summed E-state index contributed by atoms with van der Waals surface area (Å²) in [5.41, 5.74) is 1.71. The molecule has 4 heteroatoms. The van der Waals surface area contributed by atoms with Crippen LogP contribution in [0.1, 0.15) is 119 Å². The van der Waals surface area contributed by atoms with Crippen molar-refractivity contribution in [3.05, 3.63) is 24.8 Å². The van der Waals surface area contributed by atoms with Gasteiger partial charge in [-0.1, -0.05) is 46.3 Å². The number of likely N-dealkylation sites (tertiary alicyclic amines) is 1. The zero-order chi connectivity index (χ0) is 28.9. The second-order valence-electron chi connectivity index (χ2n) is 15.9. The number of allylic oxidation sites excluding steroid dienone is 2. The maximum absolute atomic E-state index is 11.8. The lowest BCUT2D eigenvalue weighted by Gasteiger charge is -2.67. The minimum Gasteiger partial charge on any atom is -0.390 e. The highest BCUT2D eigenvalue weighted by molar-refractivity contribution is 5.73. The van der Waals surface area contributed by atoms with Crippen LogP contribution in [0, 0.1) is 39.9 Å². The number of amides is 1. The Morgan fingerprint density at radius 3 is 2.31 bits per heavy atom. The number of carbonyl (C=O) groups excluding carboxylic acids is 1. The summed E-state index contributed by atoms with van der Waals surface area (Å²) in [7, 11) is 0. The molecule has 0 aromatic rings. The predicted octanol–water partition coefficient (Wildman–Crippen LogP) is 7.53. The summed E-state index contributed by atoms with van der Waals surface area (Å²) >= 11 is 0. The van der Waals surface area contributed by atoms with Gasteiger partial charge in [-0.3, -0.25) is 4.79 Å². The molecule has 1 saturated heterocycles. The molecule has 3 aliphatic carbocycles. The van der Waals surface area contributed by atoms with Crippen LogP contribution in [-0.4, -0.2) is 46.7 Å². The molecule has 4 nitrogen and oxygen atoms in total. The second kappa shape index (κ2) is 10.9. The van der Waals surface area contributed by atoms with Crippen molar-refractivity contribution in [2.24, 2.45) is 39.9 Å². The number of rotatable bonds is 9. The van der Waals surface area contributed by atoms with E-state index in [2.05, 4.69) is 66.1 Å². The molecule has 4 rings (SSSR count). The molecular weight excluding hydrogens is 480 g/mol. The lowest BCUT2D eigenvalue weighted by atomic mass is 9.39. The van der Waals surface area contributed by atoms with E-state index < -0.39 is 5.60 Å². The minimum atomic E-state index is -0.652. The Morgan fingerprint density at radius 2 is 1.72 bits per heavy atom. The summed E-state index contributed by atoms with van der Waals surface area (Å²) < 4.78 is 0. The van der Waals surface area contributed by atoms with Crippen molar-refractivity contribution in [3.8, 4) is 0 Å². The molecule has 3 saturated carbocycles. The number of fused-ring (bicyclic) bond motifs is 3. The predicted molar refractivity (Wildman–Crippen MR) is 163 cm³/mol. The molecule has 1 amide bonds. The number of hydrogen-bond acceptors (Lipinski definition) is 3. The third kappa shape index (κ3) is 5.55. The molecule has 0 radical (unpaired) electrons. The van der Waals surface area contributed by atoms with Gasteiger partial charge in [0.15, 0.2) is 0 Å². The Kier molecular flexibility index (Phi) is 8.64. The maximum atomic E-state index is 11.8. The number of piperidine rings is 1. The minimum absolute atomic E-state index is 0.127. The molecule has 1 heterocycles. The molecule has 6 atom stereocenters. The zero-order valence-electron chi connectivity index (χ0n) is 26.5. The van der Waals surface area contributed by atoms with Crippen LogP contribution >= 0.6 is 0 Å². The van der Waals surface area contributed by atoms with Gasteiger partial charge in [-0.05, 0) is 124 Å². The summed E-state index contributed by atoms with van der Waals surface area (Å²) in [6.45, 7) is 27.3. The molecule has 2 N–H and O–H groups in total. The Hall–Kier alpha value is -1.13. The van der Waals surface area contributed by atoms with Crippen LogP contribution in [-0.2, 0) is 4.79 Å². The highest BCUT2D eigenvalue weighted by atomic mass is 16.3. The zero-order valence-corrected chi connectivity index (χ0v) is 26.5. The monoisotopic (exact) mass is 540 g/mol. The van der Waals surface area contributed by atoms with E-state index in [0.717, 1.165) is 31.7 Å². The van der Waals surface area contributed by atoms with E-state index in [-0.39, 0.29) is 22.3 Å². The van der Waals surface area contributed by atoms with Crippen molar-refractivity contribution < 1.29 is 9.90 Å². The first-order valence-corrected chi connectivity index (χ1v) is 16.1. The van der Waals surface area contributed by atoms with Gasteiger partial charge in [0.1, 0.15) is 0 Å². The fourth-order valence-corrected chi connectivity index (χ4v) is 10.6. The number of hydrogen-bond donors (Lipinski definition) is 2. The third-order valence-corrected chi connectivity index (χ3v) is 13.0. The van der Waals surface area contributed by atoms with Gasteiger partial charge in [0.2, 0.25) is 5.91 Å². The summed E-state index contributed by atoms with van der Waals surface area (Å²) in [6.07, 6.45) is 14.3. The van der Waals surface area contributed by atoms with Crippen LogP contribution in [0.3, 0.4) is 0 Å². The largest absolute Gasteiger partial charge is 0.390 e. The van der Waals surface area contributed by atoms with Crippen LogP contribution in [0.5, 0.6) is 0 Å². The summed E-state index contributed by atoms with van der Waals surface area (Å²) in [4.78, 5) is 13.7. The molecule has 0 aromatic heterocycles. The van der Waals surface area contributed by atoms with E-state index in [0.29, 0.717) is 49.1 Å². The highest BCUT2D eigenvalue weighted by Crippen LogP contribution is 2.70. The van der Waals surface area contributed by atoms with Crippen LogP contribution in [0.25, 0.3) is 0 Å². The van der Waals surface area contributed by atoms with Gasteiger partial charge in [-0.2, -0.15) is 0 Å². The van der Waals surface area contributed by atoms with Crippen molar-refractivity contribution in [1.82, 2.24) is 10.2 Å².